The minimum absolute atomic E-state index is 0.0440. The van der Waals surface area contributed by atoms with Gasteiger partial charge in [0.25, 0.3) is 0 Å². The highest BCUT2D eigenvalue weighted by atomic mass is 19.4. The van der Waals surface area contributed by atoms with Crippen LogP contribution in [0.4, 0.5) is 18.9 Å². The average molecular weight is 424 g/mol. The lowest BCUT2D eigenvalue weighted by molar-refractivity contribution is -0.274. The zero-order valence-electron chi connectivity index (χ0n) is 16.7. The predicted octanol–water partition coefficient (Wildman–Crippen LogP) is 1.79. The molecule has 1 aromatic heterocycles. The average Bonchev–Trinajstić information content (AvgIpc) is 3.11. The van der Waals surface area contributed by atoms with Crippen LogP contribution in [0.1, 0.15) is 5.56 Å². The molecule has 2 heterocycles. The first-order chi connectivity index (χ1) is 14.2. The van der Waals surface area contributed by atoms with Crippen molar-refractivity contribution in [2.75, 3.05) is 38.1 Å². The number of rotatable bonds is 5. The van der Waals surface area contributed by atoms with Crippen molar-refractivity contribution in [2.24, 2.45) is 12.0 Å². The summed E-state index contributed by atoms with van der Waals surface area (Å²) in [6.45, 7) is 1.84. The van der Waals surface area contributed by atoms with Crippen molar-refractivity contribution < 1.29 is 22.7 Å². The van der Waals surface area contributed by atoms with Gasteiger partial charge in [-0.1, -0.05) is 12.1 Å². The Morgan fingerprint density at radius 1 is 1.27 bits per heavy atom. The molecule has 1 aliphatic rings. The fraction of sp³-hybridized carbons (Fsp3) is 0.421. The third-order valence-corrected chi connectivity index (χ3v) is 4.59. The third-order valence-electron chi connectivity index (χ3n) is 4.59. The van der Waals surface area contributed by atoms with E-state index >= 15 is 0 Å². The first-order valence-electron chi connectivity index (χ1n) is 9.34. The fourth-order valence-corrected chi connectivity index (χ4v) is 3.18. The minimum Gasteiger partial charge on any atom is -0.406 e. The Morgan fingerprint density at radius 3 is 2.57 bits per heavy atom. The molecule has 0 aliphatic carbocycles. The highest BCUT2D eigenvalue weighted by molar-refractivity contribution is 5.98. The largest absolute Gasteiger partial charge is 0.573 e. The quantitative estimate of drug-likeness (QED) is 0.585. The lowest BCUT2D eigenvalue weighted by Crippen LogP contribution is -2.55. The van der Waals surface area contributed by atoms with E-state index in [0.717, 1.165) is 11.3 Å². The van der Waals surface area contributed by atoms with Crippen LogP contribution in [0.5, 0.6) is 5.75 Å². The molecule has 1 fully saturated rings. The van der Waals surface area contributed by atoms with Crippen molar-refractivity contribution in [2.45, 2.75) is 12.8 Å². The number of aromatic nitrogens is 2. The van der Waals surface area contributed by atoms with Crippen LogP contribution in [0.25, 0.3) is 0 Å². The van der Waals surface area contributed by atoms with Crippen LogP contribution in [0.15, 0.2) is 41.7 Å². The number of nitrogens with zero attached hydrogens (tertiary/aromatic N) is 5. The highest BCUT2D eigenvalue weighted by Gasteiger charge is 2.31. The Morgan fingerprint density at radius 2 is 2.00 bits per heavy atom. The molecule has 0 atom stereocenters. The van der Waals surface area contributed by atoms with Gasteiger partial charge in [-0.25, -0.2) is 0 Å². The highest BCUT2D eigenvalue weighted by Crippen LogP contribution is 2.22. The van der Waals surface area contributed by atoms with Gasteiger partial charge in [-0.05, 0) is 24.1 Å². The van der Waals surface area contributed by atoms with Gasteiger partial charge in [-0.15, -0.1) is 13.2 Å². The second kappa shape index (κ2) is 9.06. The van der Waals surface area contributed by atoms with E-state index in [0.29, 0.717) is 32.0 Å². The van der Waals surface area contributed by atoms with Gasteiger partial charge in [0, 0.05) is 39.9 Å². The Labute approximate surface area is 171 Å². The number of amides is 1. The van der Waals surface area contributed by atoms with Gasteiger partial charge < -0.3 is 19.9 Å². The maximum Gasteiger partial charge on any atom is 0.573 e. The van der Waals surface area contributed by atoms with Crippen LogP contribution in [-0.2, 0) is 18.3 Å². The van der Waals surface area contributed by atoms with Crippen molar-refractivity contribution in [1.82, 2.24) is 20.0 Å². The second-order valence-corrected chi connectivity index (χ2v) is 6.75. The molecule has 30 heavy (non-hydrogen) atoms. The number of halogens is 3. The summed E-state index contributed by atoms with van der Waals surface area (Å²) in [6, 6.07) is 5.74. The molecule has 1 aromatic carbocycles. The summed E-state index contributed by atoms with van der Waals surface area (Å²) in [5.41, 5.74) is 1.62. The van der Waals surface area contributed by atoms with Crippen LogP contribution < -0.4 is 15.0 Å². The smallest absolute Gasteiger partial charge is 0.406 e. The monoisotopic (exact) mass is 424 g/mol. The summed E-state index contributed by atoms with van der Waals surface area (Å²) in [5.74, 6) is 0.309. The number of carbonyl (C=O) groups is 1. The molecule has 0 spiro atoms. The summed E-state index contributed by atoms with van der Waals surface area (Å²) < 4.78 is 42.2. The molecule has 1 saturated heterocycles. The predicted molar refractivity (Wildman–Crippen MR) is 105 cm³/mol. The van der Waals surface area contributed by atoms with E-state index in [-0.39, 0.29) is 18.2 Å². The molecule has 162 valence electrons. The summed E-state index contributed by atoms with van der Waals surface area (Å²) >= 11 is 0. The Bertz CT molecular complexity index is 894. The number of aliphatic imine (C=N–C) groups is 1. The van der Waals surface area contributed by atoms with E-state index in [2.05, 4.69) is 20.1 Å². The molecule has 0 unspecified atom stereocenters. The fourth-order valence-electron chi connectivity index (χ4n) is 3.18. The number of carbonyl (C=O) groups excluding carboxylic acids is 1. The Kier molecular flexibility index (Phi) is 6.48. The SMILES string of the molecule is CN=C(NCCc1ccc(OC(F)(F)F)cc1)N1CCN(c2cnn(C)c2)C(=O)C1. The molecule has 11 heteroatoms. The topological polar surface area (TPSA) is 75.0 Å². The summed E-state index contributed by atoms with van der Waals surface area (Å²) in [6.07, 6.45) is -0.666. The van der Waals surface area contributed by atoms with Crippen molar-refractivity contribution in [3.63, 3.8) is 0 Å². The van der Waals surface area contributed by atoms with Crippen molar-refractivity contribution in [1.29, 1.82) is 0 Å². The van der Waals surface area contributed by atoms with Crippen LogP contribution in [0.3, 0.4) is 0 Å². The van der Waals surface area contributed by atoms with Crippen molar-refractivity contribution >= 4 is 17.6 Å². The lowest BCUT2D eigenvalue weighted by atomic mass is 10.1. The van der Waals surface area contributed by atoms with E-state index in [1.807, 2.05) is 4.90 Å². The maximum atomic E-state index is 12.5. The number of nitrogens with one attached hydrogen (secondary N) is 1. The molecular weight excluding hydrogens is 401 g/mol. The van der Waals surface area contributed by atoms with Gasteiger partial charge in [0.2, 0.25) is 5.91 Å². The van der Waals surface area contributed by atoms with Gasteiger partial charge in [0.15, 0.2) is 5.96 Å². The Hall–Kier alpha value is -3.24. The number of hydrogen-bond acceptors (Lipinski definition) is 4. The van der Waals surface area contributed by atoms with Crippen molar-refractivity contribution in [3.8, 4) is 5.75 Å². The van der Waals surface area contributed by atoms with Gasteiger partial charge in [-0.3, -0.25) is 14.5 Å². The molecule has 0 saturated carbocycles. The minimum atomic E-state index is -4.70. The van der Waals surface area contributed by atoms with Gasteiger partial charge >= 0.3 is 6.36 Å². The van der Waals surface area contributed by atoms with Gasteiger partial charge in [0.05, 0.1) is 11.9 Å². The van der Waals surface area contributed by atoms with E-state index in [1.54, 1.807) is 48.2 Å². The van der Waals surface area contributed by atoms with Crippen LogP contribution in [-0.4, -0.2) is 66.1 Å². The third kappa shape index (κ3) is 5.65. The first-order valence-corrected chi connectivity index (χ1v) is 9.34. The van der Waals surface area contributed by atoms with Gasteiger partial charge in [-0.2, -0.15) is 5.10 Å². The van der Waals surface area contributed by atoms with Crippen molar-refractivity contribution in [3.05, 3.63) is 42.2 Å². The number of guanidine groups is 1. The normalized spacial score (nSPS) is 15.5. The zero-order chi connectivity index (χ0) is 21.7. The molecule has 0 radical (unpaired) electrons. The van der Waals surface area contributed by atoms with Gasteiger partial charge in [0.1, 0.15) is 12.3 Å². The zero-order valence-corrected chi connectivity index (χ0v) is 16.7. The number of aryl methyl sites for hydroxylation is 1. The van der Waals surface area contributed by atoms with Crippen LogP contribution >= 0.6 is 0 Å². The summed E-state index contributed by atoms with van der Waals surface area (Å²) in [7, 11) is 3.44. The molecule has 8 nitrogen and oxygen atoms in total. The standard InChI is InChI=1S/C19H23F3N6O2/c1-23-18(24-8-7-14-3-5-16(6-4-14)30-19(20,21)22)27-9-10-28(17(29)13-27)15-11-25-26(2)12-15/h3-6,11-12H,7-10,13H2,1-2H3,(H,23,24). The number of benzene rings is 1. The van der Waals surface area contributed by atoms with E-state index in [4.69, 9.17) is 0 Å². The summed E-state index contributed by atoms with van der Waals surface area (Å²) in [4.78, 5) is 20.3. The first kappa shape index (κ1) is 21.5. The van der Waals surface area contributed by atoms with Crippen LogP contribution in [0.2, 0.25) is 0 Å². The molecule has 1 N–H and O–H groups in total. The molecule has 3 rings (SSSR count). The number of alkyl halides is 3. The number of ether oxygens (including phenoxy) is 1. The molecular formula is C19H23F3N6O2. The van der Waals surface area contributed by atoms with E-state index in [1.165, 1.54) is 12.1 Å². The lowest BCUT2D eigenvalue weighted by Gasteiger charge is -2.35. The number of anilines is 1. The van der Waals surface area contributed by atoms with E-state index < -0.39 is 6.36 Å². The molecule has 0 bridgehead atoms. The number of hydrogen-bond donors (Lipinski definition) is 1. The maximum absolute atomic E-state index is 12.5. The van der Waals surface area contributed by atoms with Crippen LogP contribution in [0, 0.1) is 0 Å². The molecule has 1 amide bonds. The summed E-state index contributed by atoms with van der Waals surface area (Å²) in [5, 5.41) is 7.30. The van der Waals surface area contributed by atoms with E-state index in [9.17, 15) is 18.0 Å². The molecule has 1 aliphatic heterocycles. The second-order valence-electron chi connectivity index (χ2n) is 6.75. The molecule has 2 aromatic rings. The Balaban J connectivity index is 1.49. The number of piperazine rings is 1.